The minimum atomic E-state index is -3.82. The number of pyridine rings is 3. The fraction of sp³-hybridized carbons (Fsp3) is 0.200. The molecular weight excluding hydrogens is 1900 g/mol. The van der Waals surface area contributed by atoms with Crippen molar-refractivity contribution in [3.63, 3.8) is 0 Å². The van der Waals surface area contributed by atoms with Crippen LogP contribution in [0.1, 0.15) is 88.0 Å². The Hall–Kier alpha value is -16.3. The van der Waals surface area contributed by atoms with Gasteiger partial charge in [-0.25, -0.2) is 68.3 Å². The monoisotopic (exact) mass is 1990 g/mol. The Labute approximate surface area is 818 Å². The Kier molecular flexibility index (Phi) is 27.7. The number of amides is 3. The molecule has 3 amide bonds. The summed E-state index contributed by atoms with van der Waals surface area (Å²) in [5.74, 6) is -0.565. The Morgan fingerprint density at radius 2 is 0.720 bits per heavy atom. The van der Waals surface area contributed by atoms with Crippen molar-refractivity contribution < 1.29 is 75.5 Å². The van der Waals surface area contributed by atoms with Crippen LogP contribution in [-0.2, 0) is 47.9 Å². The number of hydrogen-bond acceptors (Lipinski definition) is 23. The number of rotatable bonds is 24. The SMILES string of the molecule is CNC(=O)c1c(-c2ccc(F)cc2)oc2cc(N(C)S(C)(=O)=O)c(-c3cc(OC)c4nc(C)n(Cc5ccc(C)cc5)c(=O)c4n3)cc12.CNC(=O)c1c(-c2ccc(F)cc2)oc2cc(N(C)S(C)(=O)=O)c(-c3ccc4nc(C)n(Cc5ccc(C)cc5)c(=O)c4n3)cc12.CNC(=O)c1c(-c2ccc(F)cc2)oc2cc(N(C)S(C)(=O)=O)c(-c3ccc4nc(C)n([C@H](COC)c5ccc(C)cc5)c(=O)c4n3)cc12. The highest BCUT2D eigenvalue weighted by Gasteiger charge is 2.34. The number of carbonyl (C=O) groups excluding carboxylic acids is 3. The Morgan fingerprint density at radius 3 is 1.07 bits per heavy atom. The van der Waals surface area contributed by atoms with Crippen LogP contribution in [0.3, 0.4) is 0 Å². The van der Waals surface area contributed by atoms with Gasteiger partial charge in [-0.3, -0.25) is 55.4 Å². The molecule has 143 heavy (non-hydrogen) atoms. The molecule has 18 aromatic rings. The molecule has 18 rings (SSSR count). The number of aryl methyl sites for hydroxylation is 6. The first kappa shape index (κ1) is 99.7. The molecule has 0 radical (unpaired) electrons. The highest BCUT2D eigenvalue weighted by molar-refractivity contribution is 7.92. The first-order valence-corrected chi connectivity index (χ1v) is 50.0. The first-order valence-electron chi connectivity index (χ1n) is 44.5. The molecule has 732 valence electrons. The van der Waals surface area contributed by atoms with Gasteiger partial charge in [-0.15, -0.1) is 0 Å². The largest absolute Gasteiger partial charge is 0.494 e. The third-order valence-corrected chi connectivity index (χ3v) is 28.2. The summed E-state index contributed by atoms with van der Waals surface area (Å²) in [6.45, 7) is 11.9. The fourth-order valence-electron chi connectivity index (χ4n) is 16.8. The summed E-state index contributed by atoms with van der Waals surface area (Å²) in [4.78, 5) is 110. The van der Waals surface area contributed by atoms with Crippen molar-refractivity contribution >= 4 is 131 Å². The molecule has 9 aromatic carbocycles. The van der Waals surface area contributed by atoms with Crippen molar-refractivity contribution in [3.05, 3.63) is 328 Å². The number of methoxy groups -OCH3 is 2. The zero-order chi connectivity index (χ0) is 103. The van der Waals surface area contributed by atoms with Crippen LogP contribution in [0.5, 0.6) is 5.75 Å². The lowest BCUT2D eigenvalue weighted by atomic mass is 10.0. The second kappa shape index (κ2) is 39.8. The molecule has 0 bridgehead atoms. The van der Waals surface area contributed by atoms with Gasteiger partial charge in [-0.2, -0.15) is 0 Å². The number of halogens is 3. The first-order chi connectivity index (χ1) is 68.0. The summed E-state index contributed by atoms with van der Waals surface area (Å²) >= 11 is 0. The molecule has 0 saturated heterocycles. The second-order valence-electron chi connectivity index (χ2n) is 34.3. The van der Waals surface area contributed by atoms with Gasteiger partial charge in [0.15, 0.2) is 16.6 Å². The van der Waals surface area contributed by atoms with E-state index in [2.05, 4.69) is 25.9 Å². The Balaban J connectivity index is 0.000000154. The van der Waals surface area contributed by atoms with Crippen molar-refractivity contribution in [1.29, 1.82) is 0 Å². The number of benzene rings is 9. The molecule has 9 heterocycles. The lowest BCUT2D eigenvalue weighted by molar-refractivity contribution is 0.0956. The van der Waals surface area contributed by atoms with Gasteiger partial charge in [0.2, 0.25) is 30.1 Å². The molecule has 1 atom stereocenters. The van der Waals surface area contributed by atoms with E-state index in [1.165, 1.54) is 145 Å². The summed E-state index contributed by atoms with van der Waals surface area (Å²) in [5, 5.41) is 8.94. The van der Waals surface area contributed by atoms with Crippen molar-refractivity contribution in [2.75, 3.05) is 94.8 Å². The molecular formula is C105H96F3N15O17S3. The molecule has 38 heteroatoms. The van der Waals surface area contributed by atoms with E-state index in [1.807, 2.05) is 93.6 Å². The average Bonchev–Trinajstić information content (AvgIpc) is 1.65. The number of fused-ring (bicyclic) bond motifs is 6. The van der Waals surface area contributed by atoms with Crippen molar-refractivity contribution in [2.24, 2.45) is 0 Å². The van der Waals surface area contributed by atoms with Crippen LogP contribution in [-0.4, -0.2) is 168 Å². The van der Waals surface area contributed by atoms with Gasteiger partial charge in [0.25, 0.3) is 34.4 Å². The zero-order valence-corrected chi connectivity index (χ0v) is 83.0. The highest BCUT2D eigenvalue weighted by Crippen LogP contribution is 2.47. The molecule has 3 N–H and O–H groups in total. The third kappa shape index (κ3) is 19.9. The molecule has 0 saturated carbocycles. The van der Waals surface area contributed by atoms with Gasteiger partial charge in [0, 0.05) is 123 Å². The van der Waals surface area contributed by atoms with E-state index in [4.69, 9.17) is 42.7 Å². The van der Waals surface area contributed by atoms with E-state index in [0.717, 1.165) is 65.1 Å². The van der Waals surface area contributed by atoms with E-state index in [0.29, 0.717) is 79.0 Å². The van der Waals surface area contributed by atoms with Gasteiger partial charge in [0.05, 0.1) is 113 Å². The van der Waals surface area contributed by atoms with E-state index in [9.17, 15) is 67.2 Å². The summed E-state index contributed by atoms with van der Waals surface area (Å²) in [7, 11) is 0.184. The molecule has 0 aliphatic rings. The number of furan rings is 3. The minimum absolute atomic E-state index is 0.0147. The molecule has 0 spiro atoms. The maximum Gasteiger partial charge on any atom is 0.280 e. The molecule has 0 unspecified atom stereocenters. The quantitative estimate of drug-likeness (QED) is 0.0506. The number of ether oxygens (including phenoxy) is 2. The number of anilines is 3. The summed E-state index contributed by atoms with van der Waals surface area (Å²) in [5.41, 5.74) is 10.7. The van der Waals surface area contributed by atoms with Crippen LogP contribution in [0, 0.1) is 59.0 Å². The predicted molar refractivity (Wildman–Crippen MR) is 546 cm³/mol. The van der Waals surface area contributed by atoms with Gasteiger partial charge in [-0.1, -0.05) is 89.5 Å². The maximum atomic E-state index is 14.3. The molecule has 0 aliphatic carbocycles. The highest BCUT2D eigenvalue weighted by atomic mass is 32.2. The van der Waals surface area contributed by atoms with E-state index < -0.39 is 82.4 Å². The number of nitrogens with zero attached hydrogens (tertiary/aromatic N) is 12. The van der Waals surface area contributed by atoms with Crippen molar-refractivity contribution in [1.82, 2.24) is 59.6 Å². The number of hydrogen-bond donors (Lipinski definition) is 3. The molecule has 0 fully saturated rings. The van der Waals surface area contributed by atoms with Crippen LogP contribution in [0.4, 0.5) is 30.2 Å². The molecule has 0 aliphatic heterocycles. The number of sulfonamides is 3. The topological polar surface area (TPSA) is 401 Å². The number of nitrogens with one attached hydrogen (secondary N) is 3. The van der Waals surface area contributed by atoms with Crippen LogP contribution in [0.25, 0.3) is 134 Å². The second-order valence-corrected chi connectivity index (χ2v) is 40.3. The summed E-state index contributed by atoms with van der Waals surface area (Å²) in [6.07, 6.45) is 3.17. The lowest BCUT2D eigenvalue weighted by Gasteiger charge is -2.22. The van der Waals surface area contributed by atoms with Crippen LogP contribution < -0.4 is 50.3 Å². The van der Waals surface area contributed by atoms with E-state index in [-0.39, 0.29) is 137 Å². The lowest BCUT2D eigenvalue weighted by Crippen LogP contribution is -2.31. The summed E-state index contributed by atoms with van der Waals surface area (Å²) in [6, 6.07) is 56.9. The molecule has 9 aromatic heterocycles. The van der Waals surface area contributed by atoms with Crippen molar-refractivity contribution in [2.45, 2.75) is 60.7 Å². The van der Waals surface area contributed by atoms with Crippen LogP contribution in [0.2, 0.25) is 0 Å². The maximum absolute atomic E-state index is 14.3. The Bertz CT molecular complexity index is 8740. The van der Waals surface area contributed by atoms with Gasteiger partial charge < -0.3 is 38.7 Å². The smallest absolute Gasteiger partial charge is 0.280 e. The van der Waals surface area contributed by atoms with E-state index in [1.54, 1.807) is 85.5 Å². The van der Waals surface area contributed by atoms with Crippen LogP contribution >= 0.6 is 0 Å². The van der Waals surface area contributed by atoms with Gasteiger partial charge in [-0.05, 0) is 173 Å². The predicted octanol–water partition coefficient (Wildman–Crippen LogP) is 16.5. The molecule has 32 nitrogen and oxygen atoms in total. The fourth-order valence-corrected chi connectivity index (χ4v) is 18.3. The number of aromatic nitrogens is 9. The summed E-state index contributed by atoms with van der Waals surface area (Å²) < 4.78 is 156. The normalized spacial score (nSPS) is 11.9. The van der Waals surface area contributed by atoms with E-state index >= 15 is 0 Å². The minimum Gasteiger partial charge on any atom is -0.494 e. The zero-order valence-electron chi connectivity index (χ0n) is 80.6. The number of carbonyl (C=O) groups is 3. The Morgan fingerprint density at radius 1 is 0.392 bits per heavy atom. The third-order valence-electron chi connectivity index (χ3n) is 24.7. The van der Waals surface area contributed by atoms with Gasteiger partial charge >= 0.3 is 0 Å². The van der Waals surface area contributed by atoms with Gasteiger partial charge in [0.1, 0.15) is 80.2 Å². The van der Waals surface area contributed by atoms with Crippen molar-refractivity contribution in [3.8, 4) is 73.5 Å². The average molecular weight is 1990 g/mol. The standard InChI is InChI=1S/C36H34FN5O6S.C35H32FN5O6S.C34H30FN5O5S/c1-20-7-9-22(10-8-20)30(19-47-5)42-21(2)39-28-16-15-27(40-33(28)36(42)44)25-17-26-31(18-29(25)41(4)49(6,45)46)48-34(32(26)35(43)38-3)23-11-13-24(37)14-12-23;1-19-7-9-21(10-8-19)18-41-20(2)38-31-29(46-5)16-26(39-32(31)35(41)43)24-15-25-28(17-27(24)40(4)48(6,44)45)47-33(30(25)34(42)37-3)22-11-13-23(36)14-12-22;1-19-6-8-21(9-7-19)18-40-20(2)37-27-15-14-26(38-31(27)34(40)42)24-16-25-29(17-28(24)39(4)46(5,43)44)45-32(30(25)33(41)36-3)22-10-12-23(35)13-11-22/h7-18,30H,19H2,1-6H3,(H,38,43);7-17H,18H2,1-6H3,(H,37,42);6-17H,18H2,1-5H3,(H,36,41)/t30-;;/m1../s1. The van der Waals surface area contributed by atoms with Crippen LogP contribution in [0.15, 0.2) is 240 Å².